The summed E-state index contributed by atoms with van der Waals surface area (Å²) >= 11 is 0. The molecule has 2 aliphatic heterocycles. The van der Waals surface area contributed by atoms with Gasteiger partial charge in [-0.3, -0.25) is 14.5 Å². The van der Waals surface area contributed by atoms with Crippen LogP contribution >= 0.6 is 0 Å². The first-order valence-electron chi connectivity index (χ1n) is 8.21. The van der Waals surface area contributed by atoms with Crippen molar-refractivity contribution in [2.75, 3.05) is 49.5 Å². The van der Waals surface area contributed by atoms with Crippen molar-refractivity contribution in [1.82, 2.24) is 10.2 Å². The van der Waals surface area contributed by atoms with E-state index >= 15 is 0 Å². The molecule has 9 heteroatoms. The molecule has 0 aromatic heterocycles. The molecule has 0 aliphatic carbocycles. The number of morpholine rings is 1. The second-order valence-electron chi connectivity index (χ2n) is 5.98. The number of rotatable bonds is 5. The van der Waals surface area contributed by atoms with Crippen LogP contribution in [0.4, 0.5) is 5.69 Å². The highest BCUT2D eigenvalue weighted by atomic mass is 32.2. The van der Waals surface area contributed by atoms with Crippen LogP contribution in [0.5, 0.6) is 0 Å². The van der Waals surface area contributed by atoms with E-state index in [1.54, 1.807) is 12.1 Å². The van der Waals surface area contributed by atoms with Crippen LogP contribution in [0.3, 0.4) is 0 Å². The quantitative estimate of drug-likeness (QED) is 0.775. The summed E-state index contributed by atoms with van der Waals surface area (Å²) in [6, 6.07) is 6.13. The lowest BCUT2D eigenvalue weighted by atomic mass is 10.2. The van der Waals surface area contributed by atoms with Crippen LogP contribution in [0, 0.1) is 0 Å². The summed E-state index contributed by atoms with van der Waals surface area (Å²) in [7, 11) is -3.63. The molecule has 1 aromatic rings. The van der Waals surface area contributed by atoms with Crippen molar-refractivity contribution in [3.05, 3.63) is 29.8 Å². The summed E-state index contributed by atoms with van der Waals surface area (Å²) in [5.41, 5.74) is 0.540. The molecule has 2 amide bonds. The van der Waals surface area contributed by atoms with E-state index in [-0.39, 0.29) is 23.8 Å². The van der Waals surface area contributed by atoms with Crippen molar-refractivity contribution in [3.8, 4) is 0 Å². The number of carbonyl (C=O) groups excluding carboxylic acids is 2. The van der Waals surface area contributed by atoms with Crippen molar-refractivity contribution in [2.45, 2.75) is 6.42 Å². The molecule has 0 radical (unpaired) electrons. The molecule has 3 rings (SSSR count). The molecule has 2 fully saturated rings. The average Bonchev–Trinajstić information content (AvgIpc) is 2.88. The molecule has 8 nitrogen and oxygen atoms in total. The van der Waals surface area contributed by atoms with Gasteiger partial charge in [0.1, 0.15) is 0 Å². The van der Waals surface area contributed by atoms with E-state index in [0.717, 1.165) is 23.9 Å². The maximum Gasteiger partial charge on any atom is 0.251 e. The van der Waals surface area contributed by atoms with Crippen LogP contribution in [0.25, 0.3) is 0 Å². The molecule has 0 atom stereocenters. The standard InChI is InChI=1S/C16H21N3O5S/c20-15-4-11-25(22,23)19(15)14-3-1-2-13(12-14)16(21)17-5-6-18-7-9-24-10-8-18/h1-3,12H,4-11H2,(H,17,21). The minimum absolute atomic E-state index is 0.0295. The molecule has 2 aliphatic rings. The highest BCUT2D eigenvalue weighted by Crippen LogP contribution is 2.25. The number of amides is 2. The van der Waals surface area contributed by atoms with Gasteiger partial charge in [-0.2, -0.15) is 0 Å². The van der Waals surface area contributed by atoms with E-state index in [0.29, 0.717) is 25.3 Å². The Bertz CT molecular complexity index is 759. The zero-order valence-corrected chi connectivity index (χ0v) is 14.6. The van der Waals surface area contributed by atoms with Crippen molar-refractivity contribution >= 4 is 27.5 Å². The Kier molecular flexibility index (Phi) is 5.36. The number of sulfonamides is 1. The zero-order chi connectivity index (χ0) is 17.9. The molecule has 2 saturated heterocycles. The first-order valence-corrected chi connectivity index (χ1v) is 9.82. The summed E-state index contributed by atoms with van der Waals surface area (Å²) in [6.45, 7) is 4.32. The van der Waals surface area contributed by atoms with E-state index in [1.165, 1.54) is 12.1 Å². The van der Waals surface area contributed by atoms with Crippen LogP contribution < -0.4 is 9.62 Å². The SMILES string of the molecule is O=C(NCCN1CCOCC1)c1cccc(N2C(=O)CCS2(=O)=O)c1. The van der Waals surface area contributed by atoms with Gasteiger partial charge >= 0.3 is 0 Å². The molecular weight excluding hydrogens is 346 g/mol. The normalized spacial score (nSPS) is 20.6. The maximum atomic E-state index is 12.3. The third-order valence-electron chi connectivity index (χ3n) is 4.24. The largest absolute Gasteiger partial charge is 0.379 e. The lowest BCUT2D eigenvalue weighted by Crippen LogP contribution is -2.41. The molecule has 0 unspecified atom stereocenters. The fourth-order valence-corrected chi connectivity index (χ4v) is 4.35. The van der Waals surface area contributed by atoms with Gasteiger partial charge in [0.15, 0.2) is 0 Å². The summed E-state index contributed by atoms with van der Waals surface area (Å²) in [5.74, 6) is -0.953. The van der Waals surface area contributed by atoms with Gasteiger partial charge in [0.25, 0.3) is 5.91 Å². The number of benzene rings is 1. The van der Waals surface area contributed by atoms with E-state index in [2.05, 4.69) is 10.2 Å². The number of carbonyl (C=O) groups is 2. The molecule has 0 bridgehead atoms. The maximum absolute atomic E-state index is 12.3. The summed E-state index contributed by atoms with van der Waals surface area (Å²) < 4.78 is 30.0. The second-order valence-corrected chi connectivity index (χ2v) is 7.92. The highest BCUT2D eigenvalue weighted by Gasteiger charge is 2.36. The van der Waals surface area contributed by atoms with Gasteiger partial charge in [-0.25, -0.2) is 12.7 Å². The Morgan fingerprint density at radius 3 is 2.68 bits per heavy atom. The Morgan fingerprint density at radius 1 is 1.24 bits per heavy atom. The number of nitrogens with zero attached hydrogens (tertiary/aromatic N) is 2. The van der Waals surface area contributed by atoms with Crippen molar-refractivity contribution < 1.29 is 22.7 Å². The predicted molar refractivity (Wildman–Crippen MR) is 91.9 cm³/mol. The Balaban J connectivity index is 1.62. The van der Waals surface area contributed by atoms with E-state index in [1.807, 2.05) is 0 Å². The van der Waals surface area contributed by atoms with Crippen LogP contribution in [0.15, 0.2) is 24.3 Å². The Labute approximate surface area is 146 Å². The molecule has 136 valence electrons. The summed E-state index contributed by atoms with van der Waals surface area (Å²) in [6.07, 6.45) is -0.0295. The van der Waals surface area contributed by atoms with Gasteiger partial charge in [0.2, 0.25) is 15.9 Å². The lowest BCUT2D eigenvalue weighted by Gasteiger charge is -2.26. The zero-order valence-electron chi connectivity index (χ0n) is 13.8. The van der Waals surface area contributed by atoms with E-state index in [9.17, 15) is 18.0 Å². The molecule has 2 heterocycles. The number of hydrogen-bond donors (Lipinski definition) is 1. The summed E-state index contributed by atoms with van der Waals surface area (Å²) in [4.78, 5) is 26.3. The third-order valence-corrected chi connectivity index (χ3v) is 5.93. The van der Waals surface area contributed by atoms with Gasteiger partial charge in [-0.05, 0) is 18.2 Å². The number of ether oxygens (including phenoxy) is 1. The number of anilines is 1. The molecule has 0 saturated carbocycles. The van der Waals surface area contributed by atoms with Gasteiger partial charge in [0.05, 0.1) is 24.7 Å². The Hall–Kier alpha value is -1.97. The number of hydrogen-bond acceptors (Lipinski definition) is 6. The van der Waals surface area contributed by atoms with Gasteiger partial charge in [0, 0.05) is 38.2 Å². The van der Waals surface area contributed by atoms with Crippen molar-refractivity contribution in [3.63, 3.8) is 0 Å². The number of nitrogens with one attached hydrogen (secondary N) is 1. The van der Waals surface area contributed by atoms with E-state index < -0.39 is 15.9 Å². The van der Waals surface area contributed by atoms with Crippen molar-refractivity contribution in [1.29, 1.82) is 0 Å². The van der Waals surface area contributed by atoms with Crippen molar-refractivity contribution in [2.24, 2.45) is 0 Å². The first kappa shape index (κ1) is 17.8. The minimum atomic E-state index is -3.63. The minimum Gasteiger partial charge on any atom is -0.379 e. The average molecular weight is 367 g/mol. The molecule has 1 N–H and O–H groups in total. The molecule has 25 heavy (non-hydrogen) atoms. The van der Waals surface area contributed by atoms with Crippen LogP contribution in [0.2, 0.25) is 0 Å². The second kappa shape index (κ2) is 7.51. The summed E-state index contributed by atoms with van der Waals surface area (Å²) in [5, 5.41) is 2.82. The predicted octanol–water partition coefficient (Wildman–Crippen LogP) is -0.185. The highest BCUT2D eigenvalue weighted by molar-refractivity contribution is 7.94. The Morgan fingerprint density at radius 2 is 2.00 bits per heavy atom. The van der Waals surface area contributed by atoms with Gasteiger partial charge < -0.3 is 10.1 Å². The molecule has 1 aromatic carbocycles. The smallest absolute Gasteiger partial charge is 0.251 e. The third kappa shape index (κ3) is 4.17. The first-order chi connectivity index (χ1) is 12.0. The molecule has 0 spiro atoms. The fraction of sp³-hybridized carbons (Fsp3) is 0.500. The van der Waals surface area contributed by atoms with E-state index in [4.69, 9.17) is 4.74 Å². The lowest BCUT2D eigenvalue weighted by molar-refractivity contribution is -0.116. The fourth-order valence-electron chi connectivity index (χ4n) is 2.90. The van der Waals surface area contributed by atoms with Gasteiger partial charge in [-0.1, -0.05) is 6.07 Å². The van der Waals surface area contributed by atoms with Crippen LogP contribution in [-0.4, -0.2) is 70.3 Å². The van der Waals surface area contributed by atoms with Gasteiger partial charge in [-0.15, -0.1) is 0 Å². The van der Waals surface area contributed by atoms with Crippen LogP contribution in [0.1, 0.15) is 16.8 Å². The topological polar surface area (TPSA) is 96.0 Å². The molecular formula is C16H21N3O5S. The van der Waals surface area contributed by atoms with Crippen LogP contribution in [-0.2, 0) is 19.6 Å². The monoisotopic (exact) mass is 367 g/mol.